The Labute approximate surface area is 139 Å². The molecule has 1 atom stereocenters. The predicted molar refractivity (Wildman–Crippen MR) is 90.2 cm³/mol. The Bertz CT molecular complexity index is 515. The van der Waals surface area contributed by atoms with Crippen LogP contribution in [-0.4, -0.2) is 86.0 Å². The Morgan fingerprint density at radius 1 is 0.913 bits per heavy atom. The molecule has 3 rings (SSSR count). The van der Waals surface area contributed by atoms with E-state index in [1.807, 2.05) is 9.80 Å². The van der Waals surface area contributed by atoms with Gasteiger partial charge in [-0.15, -0.1) is 0 Å². The molecule has 0 N–H and O–H groups in total. The van der Waals surface area contributed by atoms with Gasteiger partial charge in [0.25, 0.3) is 0 Å². The number of carbonyl (C=O) groups excluding carboxylic acids is 1. The standard InChI is InChI=1S/C16H29N3O3S/c1-14-3-2-6-19(13-14)16(20)18-9-7-17(8-10-18)15-4-11-23(21,22)12-5-15/h14-15H,2-13H2,1H3. The number of amides is 2. The Kier molecular flexibility index (Phi) is 5.16. The quantitative estimate of drug-likeness (QED) is 0.714. The van der Waals surface area contributed by atoms with Crippen LogP contribution in [0, 0.1) is 5.92 Å². The van der Waals surface area contributed by atoms with Crippen molar-refractivity contribution in [2.45, 2.75) is 38.6 Å². The van der Waals surface area contributed by atoms with Gasteiger partial charge >= 0.3 is 6.03 Å². The van der Waals surface area contributed by atoms with Gasteiger partial charge in [-0.1, -0.05) is 6.92 Å². The first-order valence-corrected chi connectivity index (χ1v) is 10.7. The van der Waals surface area contributed by atoms with E-state index >= 15 is 0 Å². The van der Waals surface area contributed by atoms with Crippen LogP contribution >= 0.6 is 0 Å². The molecular weight excluding hydrogens is 314 g/mol. The zero-order valence-corrected chi connectivity index (χ0v) is 14.9. The van der Waals surface area contributed by atoms with Crippen molar-refractivity contribution in [3.8, 4) is 0 Å². The summed E-state index contributed by atoms with van der Waals surface area (Å²) in [5.74, 6) is 1.25. The molecule has 0 aromatic carbocycles. The molecule has 23 heavy (non-hydrogen) atoms. The van der Waals surface area contributed by atoms with Gasteiger partial charge in [0, 0.05) is 45.3 Å². The van der Waals surface area contributed by atoms with Crippen molar-refractivity contribution in [2.75, 3.05) is 50.8 Å². The van der Waals surface area contributed by atoms with Crippen molar-refractivity contribution in [2.24, 2.45) is 5.92 Å². The fourth-order valence-electron chi connectivity index (χ4n) is 4.08. The third kappa shape index (κ3) is 4.18. The summed E-state index contributed by atoms with van der Waals surface area (Å²) in [5, 5.41) is 0. The van der Waals surface area contributed by atoms with Crippen molar-refractivity contribution in [3.63, 3.8) is 0 Å². The summed E-state index contributed by atoms with van der Waals surface area (Å²) >= 11 is 0. The molecule has 3 aliphatic rings. The van der Waals surface area contributed by atoms with Crippen LogP contribution in [0.2, 0.25) is 0 Å². The number of piperazine rings is 1. The number of rotatable bonds is 1. The zero-order valence-electron chi connectivity index (χ0n) is 14.1. The minimum atomic E-state index is -2.80. The normalized spacial score (nSPS) is 30.4. The second-order valence-corrected chi connectivity index (χ2v) is 9.69. The number of piperidine rings is 1. The minimum Gasteiger partial charge on any atom is -0.324 e. The van der Waals surface area contributed by atoms with E-state index in [4.69, 9.17) is 0 Å². The van der Waals surface area contributed by atoms with Gasteiger partial charge in [0.1, 0.15) is 9.84 Å². The summed E-state index contributed by atoms with van der Waals surface area (Å²) in [6, 6.07) is 0.577. The predicted octanol–water partition coefficient (Wildman–Crippen LogP) is 1.03. The monoisotopic (exact) mass is 343 g/mol. The maximum atomic E-state index is 12.6. The fourth-order valence-corrected chi connectivity index (χ4v) is 5.55. The van der Waals surface area contributed by atoms with Crippen LogP contribution in [0.1, 0.15) is 32.6 Å². The first-order valence-electron chi connectivity index (χ1n) is 8.93. The Balaban J connectivity index is 1.47. The van der Waals surface area contributed by atoms with E-state index in [0.717, 1.165) is 58.5 Å². The third-order valence-corrected chi connectivity index (χ3v) is 7.27. The number of sulfone groups is 1. The van der Waals surface area contributed by atoms with Gasteiger partial charge in [-0.25, -0.2) is 13.2 Å². The number of hydrogen-bond donors (Lipinski definition) is 0. The lowest BCUT2D eigenvalue weighted by atomic mass is 10.0. The number of carbonyl (C=O) groups is 1. The van der Waals surface area contributed by atoms with Crippen molar-refractivity contribution in [1.82, 2.24) is 14.7 Å². The van der Waals surface area contributed by atoms with E-state index < -0.39 is 9.84 Å². The Hall–Kier alpha value is -0.820. The largest absolute Gasteiger partial charge is 0.324 e. The molecule has 0 aromatic rings. The zero-order chi connectivity index (χ0) is 16.4. The van der Waals surface area contributed by atoms with Gasteiger partial charge < -0.3 is 9.80 Å². The van der Waals surface area contributed by atoms with Gasteiger partial charge in [-0.3, -0.25) is 4.90 Å². The highest BCUT2D eigenvalue weighted by Crippen LogP contribution is 2.21. The van der Waals surface area contributed by atoms with E-state index in [1.54, 1.807) is 0 Å². The smallest absolute Gasteiger partial charge is 0.320 e. The second kappa shape index (κ2) is 6.97. The summed E-state index contributed by atoms with van der Waals surface area (Å²) in [6.07, 6.45) is 3.84. The Morgan fingerprint density at radius 2 is 1.57 bits per heavy atom. The average Bonchev–Trinajstić information content (AvgIpc) is 2.54. The number of hydrogen-bond acceptors (Lipinski definition) is 4. The third-order valence-electron chi connectivity index (χ3n) is 5.55. The Morgan fingerprint density at radius 3 is 2.17 bits per heavy atom. The number of nitrogens with zero attached hydrogens (tertiary/aromatic N) is 3. The van der Waals surface area contributed by atoms with Crippen LogP contribution in [0.5, 0.6) is 0 Å². The van der Waals surface area contributed by atoms with Gasteiger partial charge in [0.15, 0.2) is 0 Å². The lowest BCUT2D eigenvalue weighted by Gasteiger charge is -2.42. The number of urea groups is 1. The second-order valence-electron chi connectivity index (χ2n) is 7.38. The van der Waals surface area contributed by atoms with Gasteiger partial charge in [0.2, 0.25) is 0 Å². The molecule has 3 fully saturated rings. The lowest BCUT2D eigenvalue weighted by Crippen LogP contribution is -2.56. The molecule has 3 saturated heterocycles. The topological polar surface area (TPSA) is 60.9 Å². The highest BCUT2D eigenvalue weighted by molar-refractivity contribution is 7.91. The van der Waals surface area contributed by atoms with Gasteiger partial charge in [-0.2, -0.15) is 0 Å². The summed E-state index contributed by atoms with van der Waals surface area (Å²) in [6.45, 7) is 7.29. The summed E-state index contributed by atoms with van der Waals surface area (Å²) in [5.41, 5.74) is 0. The van der Waals surface area contributed by atoms with E-state index in [2.05, 4.69) is 11.8 Å². The molecule has 7 heteroatoms. The molecule has 0 radical (unpaired) electrons. The average molecular weight is 343 g/mol. The van der Waals surface area contributed by atoms with Crippen molar-refractivity contribution in [1.29, 1.82) is 0 Å². The molecule has 0 spiro atoms. The molecule has 0 aliphatic carbocycles. The van der Waals surface area contributed by atoms with Crippen LogP contribution in [-0.2, 0) is 9.84 Å². The summed E-state index contributed by atoms with van der Waals surface area (Å²) in [7, 11) is -2.80. The maximum absolute atomic E-state index is 12.6. The van der Waals surface area contributed by atoms with E-state index in [-0.39, 0.29) is 6.03 Å². The fraction of sp³-hybridized carbons (Fsp3) is 0.938. The first-order chi connectivity index (χ1) is 10.9. The van der Waals surface area contributed by atoms with E-state index in [0.29, 0.717) is 23.5 Å². The molecule has 6 nitrogen and oxygen atoms in total. The maximum Gasteiger partial charge on any atom is 0.320 e. The first kappa shape index (κ1) is 17.0. The van der Waals surface area contributed by atoms with Crippen LogP contribution in [0.4, 0.5) is 4.79 Å². The molecule has 0 bridgehead atoms. The van der Waals surface area contributed by atoms with Crippen LogP contribution in [0.25, 0.3) is 0 Å². The minimum absolute atomic E-state index is 0.197. The lowest BCUT2D eigenvalue weighted by molar-refractivity contribution is 0.0799. The van der Waals surface area contributed by atoms with Crippen molar-refractivity contribution in [3.05, 3.63) is 0 Å². The molecule has 132 valence electrons. The highest BCUT2D eigenvalue weighted by atomic mass is 32.2. The molecule has 2 amide bonds. The highest BCUT2D eigenvalue weighted by Gasteiger charge is 2.32. The van der Waals surface area contributed by atoms with Crippen LogP contribution in [0.15, 0.2) is 0 Å². The van der Waals surface area contributed by atoms with Crippen molar-refractivity contribution >= 4 is 15.9 Å². The van der Waals surface area contributed by atoms with Crippen LogP contribution in [0.3, 0.4) is 0 Å². The molecule has 0 aromatic heterocycles. The molecule has 1 unspecified atom stereocenters. The van der Waals surface area contributed by atoms with Crippen molar-refractivity contribution < 1.29 is 13.2 Å². The molecule has 0 saturated carbocycles. The van der Waals surface area contributed by atoms with Gasteiger partial charge in [0.05, 0.1) is 11.5 Å². The molecular formula is C16H29N3O3S. The molecule has 3 aliphatic heterocycles. The van der Waals surface area contributed by atoms with Crippen LogP contribution < -0.4 is 0 Å². The number of likely N-dealkylation sites (tertiary alicyclic amines) is 1. The van der Waals surface area contributed by atoms with Gasteiger partial charge in [-0.05, 0) is 31.6 Å². The summed E-state index contributed by atoms with van der Waals surface area (Å²) < 4.78 is 23.1. The SMILES string of the molecule is CC1CCCN(C(=O)N2CCN(C3CCS(=O)(=O)CC3)CC2)C1. The van der Waals surface area contributed by atoms with E-state index in [1.165, 1.54) is 6.42 Å². The van der Waals surface area contributed by atoms with E-state index in [9.17, 15) is 13.2 Å². The summed E-state index contributed by atoms with van der Waals surface area (Å²) in [4.78, 5) is 19.0. The molecule has 3 heterocycles.